The Balaban J connectivity index is 1.03. The number of carbonyl (C=O) groups is 22. The maximum atomic E-state index is 14.6. The molecule has 20 amide bonds. The molecule has 0 unspecified atom stereocenters. The molecule has 2 aliphatic rings. The molecule has 21 atom stereocenters. The highest BCUT2D eigenvalue weighted by molar-refractivity contribution is 6.03. The monoisotopic (exact) mass is 2090 g/mol. The number of aliphatic carboxylic acids is 2. The molecule has 0 spiro atoms. The van der Waals surface area contributed by atoms with E-state index in [-0.39, 0.29) is 57.3 Å². The number of aliphatic hydroxyl groups is 6. The summed E-state index contributed by atoms with van der Waals surface area (Å²) >= 11 is 0. The third-order valence-electron chi connectivity index (χ3n) is 24.3. The maximum absolute atomic E-state index is 14.6. The Hall–Kier alpha value is -14.7. The highest BCUT2D eigenvalue weighted by Gasteiger charge is 2.45. The highest BCUT2D eigenvalue weighted by Crippen LogP contribution is 2.25. The van der Waals surface area contributed by atoms with Gasteiger partial charge in [-0.05, 0) is 107 Å². The molecule has 2 fully saturated rings. The molecule has 4 aromatic rings. The van der Waals surface area contributed by atoms with Gasteiger partial charge in [0.15, 0.2) is 0 Å². The summed E-state index contributed by atoms with van der Waals surface area (Å²) < 4.78 is 0. The van der Waals surface area contributed by atoms with Gasteiger partial charge in [0.1, 0.15) is 103 Å². The number of nitrogens with two attached hydrogens (primary N) is 2. The number of imidazole rings is 1. The van der Waals surface area contributed by atoms with Crippen LogP contribution in [0.3, 0.4) is 0 Å². The zero-order chi connectivity index (χ0) is 111. The van der Waals surface area contributed by atoms with Gasteiger partial charge in [-0.1, -0.05) is 104 Å². The molecule has 31 N–H and O–H groups in total. The molecule has 0 aliphatic carbocycles. The van der Waals surface area contributed by atoms with E-state index in [1.807, 2.05) is 0 Å². The summed E-state index contributed by atoms with van der Waals surface area (Å²) in [7, 11) is 0. The summed E-state index contributed by atoms with van der Waals surface area (Å²) in [6, 6.07) is -14.2. The molecular formula is C94H140N24O30. The van der Waals surface area contributed by atoms with Crippen LogP contribution in [0.15, 0.2) is 73.3 Å². The summed E-state index contributed by atoms with van der Waals surface area (Å²) in [4.78, 5) is 313. The number of aromatic nitrogens is 3. The van der Waals surface area contributed by atoms with Gasteiger partial charge in [-0.2, -0.15) is 0 Å². The highest BCUT2D eigenvalue weighted by atomic mass is 16.4. The molecule has 816 valence electrons. The second-order valence-electron chi connectivity index (χ2n) is 37.8. The average molecular weight is 2090 g/mol. The van der Waals surface area contributed by atoms with Crippen molar-refractivity contribution in [3.05, 3.63) is 90.1 Å². The minimum absolute atomic E-state index is 0.0798. The molecule has 148 heavy (non-hydrogen) atoms. The lowest BCUT2D eigenvalue weighted by atomic mass is 10.00. The quantitative estimate of drug-likeness (QED) is 0.0195. The van der Waals surface area contributed by atoms with Crippen LogP contribution in [0.2, 0.25) is 0 Å². The van der Waals surface area contributed by atoms with Crippen LogP contribution in [0.1, 0.15) is 151 Å². The van der Waals surface area contributed by atoms with Crippen molar-refractivity contribution in [3.8, 4) is 0 Å². The predicted molar refractivity (Wildman–Crippen MR) is 521 cm³/mol. The largest absolute Gasteiger partial charge is 0.481 e. The number of carboxylic acid groups (broad SMARTS) is 2. The molecule has 2 aromatic heterocycles. The number of para-hydroxylation sites is 1. The first-order valence-corrected chi connectivity index (χ1v) is 48.3. The van der Waals surface area contributed by atoms with Crippen LogP contribution in [-0.4, -0.2) is 369 Å². The first kappa shape index (κ1) is 122. The number of nitrogens with one attached hydrogen (secondary N) is 19. The number of fused-ring (bicyclic) bond motifs is 1. The normalized spacial score (nSPS) is 17.3. The number of hydrogen-bond donors (Lipinski definition) is 29. The lowest BCUT2D eigenvalue weighted by Gasteiger charge is -2.31. The summed E-state index contributed by atoms with van der Waals surface area (Å²) in [5.41, 5.74) is 13.2. The summed E-state index contributed by atoms with van der Waals surface area (Å²) in [5, 5.41) is 124. The molecule has 4 heterocycles. The summed E-state index contributed by atoms with van der Waals surface area (Å²) in [6.45, 7) is 11.6. The lowest BCUT2D eigenvalue weighted by Crippen LogP contribution is -2.63. The zero-order valence-electron chi connectivity index (χ0n) is 84.1. The number of likely N-dealkylation sites (tertiary alicyclic amines) is 2. The fraction of sp³-hybridized carbons (Fsp3) is 0.585. The number of aliphatic hydroxyl groups excluding tert-OH is 6. The van der Waals surface area contributed by atoms with Gasteiger partial charge in [-0.25, -0.2) is 9.78 Å². The van der Waals surface area contributed by atoms with Crippen LogP contribution in [0, 0.1) is 23.7 Å². The van der Waals surface area contributed by atoms with E-state index in [1.165, 1.54) is 58.2 Å². The summed E-state index contributed by atoms with van der Waals surface area (Å²) in [5.74, 6) is -26.8. The first-order valence-electron chi connectivity index (χ1n) is 48.3. The predicted octanol–water partition coefficient (Wildman–Crippen LogP) is -10.3. The van der Waals surface area contributed by atoms with Gasteiger partial charge in [0.2, 0.25) is 118 Å². The Labute approximate surface area is 850 Å². The number of H-pyrrole nitrogens is 2. The molecule has 54 nitrogen and oxygen atoms in total. The molecule has 2 aliphatic heterocycles. The van der Waals surface area contributed by atoms with E-state index in [0.29, 0.717) is 34.9 Å². The minimum Gasteiger partial charge on any atom is -0.481 e. The lowest BCUT2D eigenvalue weighted by molar-refractivity contribution is -0.149. The molecule has 6 rings (SSSR count). The second kappa shape index (κ2) is 58.6. The fourth-order valence-electron chi connectivity index (χ4n) is 16.1. The fourth-order valence-corrected chi connectivity index (χ4v) is 16.1. The van der Waals surface area contributed by atoms with Gasteiger partial charge in [0.25, 0.3) is 0 Å². The van der Waals surface area contributed by atoms with Gasteiger partial charge >= 0.3 is 11.9 Å². The molecule has 0 bridgehead atoms. The van der Waals surface area contributed by atoms with E-state index in [2.05, 4.69) is 105 Å². The van der Waals surface area contributed by atoms with E-state index in [1.54, 1.807) is 82.3 Å². The first-order chi connectivity index (χ1) is 69.7. The third-order valence-corrected chi connectivity index (χ3v) is 24.3. The van der Waals surface area contributed by atoms with E-state index in [4.69, 9.17) is 16.6 Å². The van der Waals surface area contributed by atoms with Crippen molar-refractivity contribution in [2.45, 2.75) is 281 Å². The number of amides is 20. The molecule has 2 aromatic carbocycles. The molecular weight excluding hydrogens is 1950 g/mol. The third kappa shape index (κ3) is 37.0. The average Bonchev–Trinajstić information content (AvgIpc) is 1.64. The Morgan fingerprint density at radius 1 is 0.419 bits per heavy atom. The number of benzene rings is 2. The SMILES string of the molecule is CC(C)C[C@H](NC(=O)[C@H](C)NC(=O)CNC(=O)[C@H](CO)NC(=O)[C@H](CC(N)=O)NC(=O)[C@H](Cc1c[nH]c2ccccc12)NC(=O)[C@H](CO)NC(=O)[C@@H](NC(=O)[C@@H](NC(=O)[C@@H](NC(=O)[C@@H]1CCCN1C(=O)[C@@H](N)CCC(=O)O)C(C)C)[C@@H](C)O)C(C)C)C(=O)N[C@H](C(=O)N[C@@H](CO)C(=O)NCC(=O)N[C@H](C(=O)N[C@@H](Cc1c[nH]cn1)C(=O)N[C@H](C(=O)N[C@@H](Cc1ccccc1)C(=O)N1CCC[C@H]1C(=O)O)[C@@H](C)O)C(C)C)[C@@H](C)O. The van der Waals surface area contributed by atoms with Crippen molar-refractivity contribution in [3.63, 3.8) is 0 Å². The van der Waals surface area contributed by atoms with Crippen molar-refractivity contribution >= 4 is 141 Å². The Bertz CT molecular complexity index is 5310. The van der Waals surface area contributed by atoms with Crippen LogP contribution >= 0.6 is 0 Å². The standard InChI is InChI=1S/C94H140N24O30/c1-43(2)30-57(82(135)114-75(49(11)123)90(143)109-63(40-120)79(132)100-38-69(127)111-71(44(3)4)86(139)106-59(33-53-36-97-42-101-53)83(136)115-74(48(10)122)89(142)107-61(31-51-20-14-13-15-21-51)93(146)118-29-19-25-66(118)94(147)148)103-77(130)47(9)102-68(126)37-99-78(131)62(39-119)108-81(134)60(34-67(96)125)105-80(133)58(32-52-35-98-56-23-17-16-22-54(52)56)104-84(137)64(41-121)110-87(140)72(45(5)6)113-91(144)76(50(12)124)116-88(141)73(46(7)8)112-85(138)65-24-18-28-117(65)92(145)55(95)26-27-70(128)129/h13-17,20-23,35-36,42-50,55,57-66,71-76,98,119-124H,18-19,24-34,37-41,95H2,1-12H3,(H2,96,125)(H,97,101)(H,99,131)(H,100,132)(H,102,126)(H,103,130)(H,104,137)(H,105,133)(H,106,139)(H,107,142)(H,108,134)(H,109,143)(H,110,140)(H,111,127)(H,112,138)(H,113,144)(H,114,135)(H,115,136)(H,116,141)(H,128,129)(H,147,148)/t47-,48+,49+,50+,55-,57-,58-,59-,60-,61-,62-,63-,64-,65-,66-,71-,72-,73-,74-,75-,76-/m0/s1. The Morgan fingerprint density at radius 2 is 0.824 bits per heavy atom. The Morgan fingerprint density at radius 3 is 1.33 bits per heavy atom. The van der Waals surface area contributed by atoms with E-state index in [0.717, 1.165) is 25.7 Å². The number of hydrogen-bond acceptors (Lipinski definition) is 30. The van der Waals surface area contributed by atoms with E-state index in [9.17, 15) is 141 Å². The van der Waals surface area contributed by atoms with E-state index < -0.39 is 333 Å². The summed E-state index contributed by atoms with van der Waals surface area (Å²) in [6.07, 6.45) is -2.58. The van der Waals surface area contributed by atoms with Crippen molar-refractivity contribution < 1.29 is 146 Å². The number of aromatic amines is 2. The molecule has 54 heteroatoms. The van der Waals surface area contributed by atoms with Crippen LogP contribution < -0.4 is 102 Å². The van der Waals surface area contributed by atoms with Gasteiger partial charge in [-0.3, -0.25) is 101 Å². The van der Waals surface area contributed by atoms with Crippen LogP contribution in [-0.2, 0) is 125 Å². The number of rotatable bonds is 59. The van der Waals surface area contributed by atoms with Crippen LogP contribution in [0.5, 0.6) is 0 Å². The van der Waals surface area contributed by atoms with Crippen molar-refractivity contribution in [1.29, 1.82) is 0 Å². The second-order valence-corrected chi connectivity index (χ2v) is 37.8. The molecule has 0 radical (unpaired) electrons. The van der Waals surface area contributed by atoms with Gasteiger partial charge < -0.3 is 162 Å². The number of carboxylic acids is 2. The molecule has 2 saturated heterocycles. The van der Waals surface area contributed by atoms with Crippen molar-refractivity contribution in [2.75, 3.05) is 46.0 Å². The van der Waals surface area contributed by atoms with Gasteiger partial charge in [0, 0.05) is 62.1 Å². The Kier molecular flexibility index (Phi) is 48.2. The number of carbonyl (C=O) groups excluding carboxylic acids is 20. The van der Waals surface area contributed by atoms with Gasteiger partial charge in [-0.15, -0.1) is 0 Å². The van der Waals surface area contributed by atoms with Gasteiger partial charge in [0.05, 0.1) is 75.7 Å². The molecule has 0 saturated carbocycles. The zero-order valence-corrected chi connectivity index (χ0v) is 84.1. The van der Waals surface area contributed by atoms with Crippen molar-refractivity contribution in [1.82, 2.24) is 115 Å². The minimum atomic E-state index is -2.02. The number of nitrogens with zero attached hydrogens (tertiary/aromatic N) is 3. The van der Waals surface area contributed by atoms with Crippen LogP contribution in [0.4, 0.5) is 0 Å². The van der Waals surface area contributed by atoms with Crippen molar-refractivity contribution in [2.24, 2.45) is 35.1 Å². The number of primary amides is 1. The van der Waals surface area contributed by atoms with E-state index >= 15 is 0 Å². The van der Waals surface area contributed by atoms with Crippen LogP contribution in [0.25, 0.3) is 10.9 Å². The topological polar surface area (TPSA) is 845 Å². The smallest absolute Gasteiger partial charge is 0.326 e. The maximum Gasteiger partial charge on any atom is 0.326 e.